The molecule has 3 aromatic rings. The lowest BCUT2D eigenvalue weighted by Gasteiger charge is -2.23. The molecule has 1 amide bonds. The third-order valence-corrected chi connectivity index (χ3v) is 6.27. The monoisotopic (exact) mass is 452 g/mol. The molecule has 0 fully saturated rings. The molecular weight excluding hydrogens is 424 g/mol. The molecule has 7 heteroatoms. The van der Waals surface area contributed by atoms with E-state index in [9.17, 15) is 13.2 Å². The van der Waals surface area contributed by atoms with Gasteiger partial charge in [0.25, 0.3) is 0 Å². The van der Waals surface area contributed by atoms with Gasteiger partial charge in [-0.2, -0.15) is 0 Å². The number of amides is 1. The molecule has 3 aromatic carbocycles. The van der Waals surface area contributed by atoms with Gasteiger partial charge in [0.1, 0.15) is 5.75 Å². The zero-order chi connectivity index (χ0) is 23.1. The number of carbonyl (C=O) groups is 1. The van der Waals surface area contributed by atoms with E-state index in [0.29, 0.717) is 29.3 Å². The van der Waals surface area contributed by atoms with Crippen molar-refractivity contribution < 1.29 is 17.9 Å². The number of anilines is 2. The molecule has 0 aliphatic carbocycles. The first-order valence-electron chi connectivity index (χ1n) is 10.4. The van der Waals surface area contributed by atoms with Gasteiger partial charge in [0.2, 0.25) is 15.9 Å². The van der Waals surface area contributed by atoms with Gasteiger partial charge in [0, 0.05) is 13.0 Å². The summed E-state index contributed by atoms with van der Waals surface area (Å²) in [5, 5.41) is 2.87. The van der Waals surface area contributed by atoms with Crippen molar-refractivity contribution in [1.29, 1.82) is 0 Å². The summed E-state index contributed by atoms with van der Waals surface area (Å²) in [4.78, 5) is 12.5. The molecule has 0 aliphatic heterocycles. The molecule has 0 unspecified atom stereocenters. The van der Waals surface area contributed by atoms with E-state index in [2.05, 4.69) is 5.32 Å². The summed E-state index contributed by atoms with van der Waals surface area (Å²) in [7, 11) is -3.46. The van der Waals surface area contributed by atoms with Gasteiger partial charge >= 0.3 is 0 Å². The molecular formula is C25H28N2O4S. The highest BCUT2D eigenvalue weighted by atomic mass is 32.2. The molecule has 1 N–H and O–H groups in total. The molecule has 0 heterocycles. The normalized spacial score (nSPS) is 11.1. The Morgan fingerprint density at radius 2 is 1.62 bits per heavy atom. The summed E-state index contributed by atoms with van der Waals surface area (Å²) in [5.41, 5.74) is 3.29. The van der Waals surface area contributed by atoms with Crippen molar-refractivity contribution in [2.24, 2.45) is 0 Å². The molecule has 0 saturated carbocycles. The number of rotatable bonds is 9. The molecule has 0 aromatic heterocycles. The SMILES string of the molecule is Cc1ccc(N(CCCC(=O)Nc2ccccc2Oc2ccccc2)S(C)(=O)=O)cc1C. The maximum atomic E-state index is 12.5. The average Bonchev–Trinajstić information content (AvgIpc) is 2.75. The van der Waals surface area contributed by atoms with Gasteiger partial charge in [-0.25, -0.2) is 8.42 Å². The van der Waals surface area contributed by atoms with Crippen molar-refractivity contribution in [3.05, 3.63) is 83.9 Å². The van der Waals surface area contributed by atoms with Crippen molar-refractivity contribution in [2.75, 3.05) is 22.4 Å². The maximum absolute atomic E-state index is 12.5. The number of carbonyl (C=O) groups excluding carboxylic acids is 1. The van der Waals surface area contributed by atoms with Gasteiger partial charge in [-0.05, 0) is 67.8 Å². The Bertz CT molecular complexity index is 1180. The van der Waals surface area contributed by atoms with Crippen LogP contribution in [0.15, 0.2) is 72.8 Å². The predicted octanol–water partition coefficient (Wildman–Crippen LogP) is 5.28. The van der Waals surface area contributed by atoms with Gasteiger partial charge < -0.3 is 10.1 Å². The van der Waals surface area contributed by atoms with E-state index in [1.807, 2.05) is 68.4 Å². The zero-order valence-corrected chi connectivity index (χ0v) is 19.4. The fourth-order valence-electron chi connectivity index (χ4n) is 3.24. The Balaban J connectivity index is 1.62. The van der Waals surface area contributed by atoms with E-state index in [0.717, 1.165) is 11.1 Å². The van der Waals surface area contributed by atoms with E-state index in [1.165, 1.54) is 10.6 Å². The van der Waals surface area contributed by atoms with Crippen LogP contribution in [0, 0.1) is 13.8 Å². The summed E-state index contributed by atoms with van der Waals surface area (Å²) >= 11 is 0. The molecule has 6 nitrogen and oxygen atoms in total. The van der Waals surface area contributed by atoms with Crippen LogP contribution in [-0.4, -0.2) is 27.1 Å². The largest absolute Gasteiger partial charge is 0.455 e. The van der Waals surface area contributed by atoms with Gasteiger partial charge in [-0.1, -0.05) is 36.4 Å². The summed E-state index contributed by atoms with van der Waals surface area (Å²) in [6, 6.07) is 22.1. The minimum Gasteiger partial charge on any atom is -0.455 e. The smallest absolute Gasteiger partial charge is 0.232 e. The summed E-state index contributed by atoms with van der Waals surface area (Å²) in [5.74, 6) is 1.01. The van der Waals surface area contributed by atoms with Crippen LogP contribution < -0.4 is 14.4 Å². The Hall–Kier alpha value is -3.32. The van der Waals surface area contributed by atoms with Crippen molar-refractivity contribution >= 4 is 27.3 Å². The Labute approximate surface area is 189 Å². The van der Waals surface area contributed by atoms with E-state index in [-0.39, 0.29) is 18.9 Å². The quantitative estimate of drug-likeness (QED) is 0.479. The van der Waals surface area contributed by atoms with Gasteiger partial charge in [-0.3, -0.25) is 9.10 Å². The topological polar surface area (TPSA) is 75.7 Å². The van der Waals surface area contributed by atoms with Crippen LogP contribution in [0.4, 0.5) is 11.4 Å². The molecule has 3 rings (SSSR count). The number of nitrogens with one attached hydrogen (secondary N) is 1. The Morgan fingerprint density at radius 3 is 2.31 bits per heavy atom. The number of hydrogen-bond donors (Lipinski definition) is 1. The number of hydrogen-bond acceptors (Lipinski definition) is 4. The lowest BCUT2D eigenvalue weighted by molar-refractivity contribution is -0.116. The second kappa shape index (κ2) is 10.3. The second-order valence-corrected chi connectivity index (χ2v) is 9.57. The number of sulfonamides is 1. The van der Waals surface area contributed by atoms with Crippen molar-refractivity contribution in [1.82, 2.24) is 0 Å². The summed E-state index contributed by atoms with van der Waals surface area (Å²) < 4.78 is 31.9. The van der Waals surface area contributed by atoms with Crippen molar-refractivity contribution in [3.63, 3.8) is 0 Å². The van der Waals surface area contributed by atoms with Crippen LogP contribution in [0.3, 0.4) is 0 Å². The molecule has 0 saturated heterocycles. The minimum absolute atomic E-state index is 0.177. The second-order valence-electron chi connectivity index (χ2n) is 7.67. The molecule has 32 heavy (non-hydrogen) atoms. The van der Waals surface area contributed by atoms with Crippen LogP contribution in [0.5, 0.6) is 11.5 Å². The number of ether oxygens (including phenoxy) is 1. The Kier molecular flexibility index (Phi) is 7.53. The molecule has 168 valence electrons. The van der Waals surface area contributed by atoms with E-state index in [1.54, 1.807) is 18.2 Å². The first-order valence-corrected chi connectivity index (χ1v) is 12.3. The number of aryl methyl sites for hydroxylation is 2. The van der Waals surface area contributed by atoms with Crippen molar-refractivity contribution in [2.45, 2.75) is 26.7 Å². The number of benzene rings is 3. The highest BCUT2D eigenvalue weighted by Crippen LogP contribution is 2.29. The Morgan fingerprint density at radius 1 is 0.938 bits per heavy atom. The number of nitrogens with zero attached hydrogens (tertiary/aromatic N) is 1. The first-order chi connectivity index (χ1) is 15.2. The van der Waals surface area contributed by atoms with Crippen LogP contribution in [0.2, 0.25) is 0 Å². The van der Waals surface area contributed by atoms with Crippen LogP contribution in [-0.2, 0) is 14.8 Å². The first kappa shape index (κ1) is 23.3. The van der Waals surface area contributed by atoms with Crippen LogP contribution >= 0.6 is 0 Å². The molecule has 0 atom stereocenters. The van der Waals surface area contributed by atoms with Crippen molar-refractivity contribution in [3.8, 4) is 11.5 Å². The molecule has 0 aliphatic rings. The maximum Gasteiger partial charge on any atom is 0.232 e. The fourth-order valence-corrected chi connectivity index (χ4v) is 4.19. The predicted molar refractivity (Wildman–Crippen MR) is 129 cm³/mol. The molecule has 0 spiro atoms. The minimum atomic E-state index is -3.46. The molecule has 0 bridgehead atoms. The average molecular weight is 453 g/mol. The highest BCUT2D eigenvalue weighted by Gasteiger charge is 2.18. The van der Waals surface area contributed by atoms with Crippen LogP contribution in [0.25, 0.3) is 0 Å². The molecule has 0 radical (unpaired) electrons. The van der Waals surface area contributed by atoms with E-state index < -0.39 is 10.0 Å². The zero-order valence-electron chi connectivity index (χ0n) is 18.5. The van der Waals surface area contributed by atoms with Gasteiger partial charge in [0.15, 0.2) is 5.75 Å². The lowest BCUT2D eigenvalue weighted by atomic mass is 10.1. The third kappa shape index (κ3) is 6.34. The van der Waals surface area contributed by atoms with E-state index >= 15 is 0 Å². The lowest BCUT2D eigenvalue weighted by Crippen LogP contribution is -2.31. The summed E-state index contributed by atoms with van der Waals surface area (Å²) in [6.45, 7) is 4.15. The van der Waals surface area contributed by atoms with E-state index in [4.69, 9.17) is 4.74 Å². The third-order valence-electron chi connectivity index (χ3n) is 5.08. The van der Waals surface area contributed by atoms with Gasteiger partial charge in [-0.15, -0.1) is 0 Å². The van der Waals surface area contributed by atoms with Gasteiger partial charge in [0.05, 0.1) is 17.6 Å². The highest BCUT2D eigenvalue weighted by molar-refractivity contribution is 7.92. The summed E-state index contributed by atoms with van der Waals surface area (Å²) in [6.07, 6.45) is 1.74. The number of para-hydroxylation sites is 3. The standard InChI is InChI=1S/C25H28N2O4S/c1-19-15-16-21(18-20(19)2)27(32(3,29)30)17-9-14-25(28)26-23-12-7-8-13-24(23)31-22-10-5-4-6-11-22/h4-8,10-13,15-16,18H,9,14,17H2,1-3H3,(H,26,28). The van der Waals surface area contributed by atoms with Crippen LogP contribution in [0.1, 0.15) is 24.0 Å². The fraction of sp³-hybridized carbons (Fsp3) is 0.240.